The van der Waals surface area contributed by atoms with Gasteiger partial charge >= 0.3 is 5.97 Å². The molecule has 0 saturated heterocycles. The van der Waals surface area contributed by atoms with Crippen molar-refractivity contribution in [2.45, 2.75) is 27.2 Å². The Morgan fingerprint density at radius 2 is 2.16 bits per heavy atom. The number of nitrogens with one attached hydrogen (secondary N) is 1. The molecule has 5 nitrogen and oxygen atoms in total. The monoisotopic (exact) mass is 282 g/mol. The van der Waals surface area contributed by atoms with Crippen LogP contribution in [0.25, 0.3) is 0 Å². The quantitative estimate of drug-likeness (QED) is 0.857. The van der Waals surface area contributed by atoms with Gasteiger partial charge in [-0.3, -0.25) is 9.59 Å². The van der Waals surface area contributed by atoms with E-state index in [0.717, 1.165) is 10.7 Å². The van der Waals surface area contributed by atoms with Gasteiger partial charge in [-0.25, -0.2) is 4.98 Å². The number of carbonyl (C=O) groups excluding carboxylic acids is 1. The summed E-state index contributed by atoms with van der Waals surface area (Å²) in [6, 6.07) is 0. The van der Waals surface area contributed by atoms with Gasteiger partial charge in [-0.1, -0.05) is 13.8 Å². The smallest absolute Gasteiger partial charge is 0.307 e. The predicted molar refractivity (Wildman–Crippen MR) is 72.0 cm³/mol. The number of aryl methyl sites for hydroxylation is 1. The minimum Gasteiger partial charge on any atom is -0.481 e. The van der Waals surface area contributed by atoms with Gasteiger partial charge in [0, 0.05) is 18.3 Å². The minimum absolute atomic E-state index is 0.163. The molecule has 1 fully saturated rings. The lowest BCUT2D eigenvalue weighted by molar-refractivity contribution is -0.140. The highest BCUT2D eigenvalue weighted by atomic mass is 32.1. The average molecular weight is 282 g/mol. The van der Waals surface area contributed by atoms with Gasteiger partial charge in [-0.2, -0.15) is 0 Å². The van der Waals surface area contributed by atoms with Crippen LogP contribution in [0.15, 0.2) is 5.38 Å². The molecule has 1 aliphatic rings. The third kappa shape index (κ3) is 2.78. The van der Waals surface area contributed by atoms with Crippen molar-refractivity contribution in [2.75, 3.05) is 6.54 Å². The van der Waals surface area contributed by atoms with Crippen LogP contribution in [-0.4, -0.2) is 28.5 Å². The lowest BCUT2D eigenvalue weighted by Gasteiger charge is -2.04. The van der Waals surface area contributed by atoms with Crippen LogP contribution in [0.2, 0.25) is 0 Å². The second-order valence-electron chi connectivity index (χ2n) is 5.51. The van der Waals surface area contributed by atoms with E-state index in [4.69, 9.17) is 5.11 Å². The summed E-state index contributed by atoms with van der Waals surface area (Å²) < 4.78 is 0. The lowest BCUT2D eigenvalue weighted by Crippen LogP contribution is -2.29. The zero-order valence-electron chi connectivity index (χ0n) is 11.3. The van der Waals surface area contributed by atoms with E-state index in [0.29, 0.717) is 13.0 Å². The highest BCUT2D eigenvalue weighted by molar-refractivity contribution is 7.09. The summed E-state index contributed by atoms with van der Waals surface area (Å²) in [7, 11) is 0. The number of nitrogens with zero attached hydrogens (tertiary/aromatic N) is 1. The van der Waals surface area contributed by atoms with Gasteiger partial charge in [0.2, 0.25) is 5.91 Å². The van der Waals surface area contributed by atoms with Crippen LogP contribution >= 0.6 is 11.3 Å². The number of aromatic nitrogens is 1. The number of aliphatic carboxylic acids is 1. The summed E-state index contributed by atoms with van der Waals surface area (Å²) in [6.45, 7) is 6.08. The highest BCUT2D eigenvalue weighted by Crippen LogP contribution is 2.58. The average Bonchev–Trinajstić information content (AvgIpc) is 2.65. The summed E-state index contributed by atoms with van der Waals surface area (Å²) in [5, 5.41) is 14.8. The summed E-state index contributed by atoms with van der Waals surface area (Å²) >= 11 is 1.58. The molecule has 2 unspecified atom stereocenters. The number of hydrogen-bond donors (Lipinski definition) is 2. The zero-order valence-corrected chi connectivity index (χ0v) is 12.1. The molecule has 1 heterocycles. The number of hydrogen-bond acceptors (Lipinski definition) is 4. The summed E-state index contributed by atoms with van der Waals surface area (Å²) in [5.41, 5.74) is 0.528. The fourth-order valence-corrected chi connectivity index (χ4v) is 3.18. The number of thiazole rings is 1. The number of carboxylic acid groups (broad SMARTS) is 1. The van der Waals surface area contributed by atoms with Gasteiger partial charge in [-0.15, -0.1) is 11.3 Å². The van der Waals surface area contributed by atoms with Gasteiger partial charge in [0.15, 0.2) is 0 Å². The number of rotatable bonds is 5. The van der Waals surface area contributed by atoms with Crippen LogP contribution in [0.3, 0.4) is 0 Å². The molecule has 2 atom stereocenters. The van der Waals surface area contributed by atoms with Crippen molar-refractivity contribution in [3.63, 3.8) is 0 Å². The molecule has 1 aliphatic carbocycles. The Morgan fingerprint density at radius 1 is 1.47 bits per heavy atom. The minimum atomic E-state index is -0.889. The molecule has 0 radical (unpaired) electrons. The molecule has 0 spiro atoms. The maximum absolute atomic E-state index is 11.9. The van der Waals surface area contributed by atoms with Crippen LogP contribution in [0.4, 0.5) is 0 Å². The Kier molecular flexibility index (Phi) is 3.62. The van der Waals surface area contributed by atoms with Crippen molar-refractivity contribution in [1.82, 2.24) is 10.3 Å². The van der Waals surface area contributed by atoms with Crippen molar-refractivity contribution >= 4 is 23.2 Å². The molecule has 0 aromatic carbocycles. The second-order valence-corrected chi connectivity index (χ2v) is 6.58. The van der Waals surface area contributed by atoms with E-state index < -0.39 is 23.2 Å². The molecule has 0 bridgehead atoms. The SMILES string of the molecule is Cc1nc(CCNC(=O)C2C(C(=O)O)C2(C)C)cs1. The van der Waals surface area contributed by atoms with E-state index >= 15 is 0 Å². The van der Waals surface area contributed by atoms with Gasteiger partial charge in [0.05, 0.1) is 22.5 Å². The van der Waals surface area contributed by atoms with Crippen LogP contribution in [0, 0.1) is 24.2 Å². The molecule has 104 valence electrons. The first-order valence-electron chi connectivity index (χ1n) is 6.25. The van der Waals surface area contributed by atoms with E-state index in [1.54, 1.807) is 11.3 Å². The largest absolute Gasteiger partial charge is 0.481 e. The number of carboxylic acids is 1. The van der Waals surface area contributed by atoms with E-state index in [9.17, 15) is 9.59 Å². The molecular weight excluding hydrogens is 264 g/mol. The Balaban J connectivity index is 1.81. The number of carbonyl (C=O) groups is 2. The van der Waals surface area contributed by atoms with Crippen molar-refractivity contribution in [3.05, 3.63) is 16.1 Å². The van der Waals surface area contributed by atoms with Crippen molar-refractivity contribution < 1.29 is 14.7 Å². The Labute approximate surface area is 116 Å². The zero-order chi connectivity index (χ0) is 14.2. The normalized spacial score (nSPS) is 23.9. The fourth-order valence-electron chi connectivity index (χ4n) is 2.53. The Hall–Kier alpha value is -1.43. The Bertz CT molecular complexity index is 510. The maximum atomic E-state index is 11.9. The molecule has 1 aromatic heterocycles. The molecular formula is C13H18N2O3S. The van der Waals surface area contributed by atoms with Gasteiger partial charge in [0.25, 0.3) is 0 Å². The first kappa shape index (κ1) is 14.0. The van der Waals surface area contributed by atoms with Crippen LogP contribution in [-0.2, 0) is 16.0 Å². The van der Waals surface area contributed by atoms with Crippen molar-refractivity contribution in [3.8, 4) is 0 Å². The van der Waals surface area contributed by atoms with Crippen LogP contribution in [0.5, 0.6) is 0 Å². The first-order chi connectivity index (χ1) is 8.84. The molecule has 2 rings (SSSR count). The molecule has 0 aliphatic heterocycles. The summed E-state index contributed by atoms with van der Waals surface area (Å²) in [6.07, 6.45) is 0.682. The van der Waals surface area contributed by atoms with Gasteiger partial charge < -0.3 is 10.4 Å². The van der Waals surface area contributed by atoms with Crippen molar-refractivity contribution in [1.29, 1.82) is 0 Å². The molecule has 1 amide bonds. The molecule has 1 aromatic rings. The van der Waals surface area contributed by atoms with E-state index in [1.165, 1.54) is 0 Å². The molecule has 1 saturated carbocycles. The lowest BCUT2D eigenvalue weighted by atomic mass is 10.1. The predicted octanol–water partition coefficient (Wildman–Crippen LogP) is 1.47. The van der Waals surface area contributed by atoms with Crippen LogP contribution < -0.4 is 5.32 Å². The highest BCUT2D eigenvalue weighted by Gasteiger charge is 2.65. The standard InChI is InChI=1S/C13H18N2O3S/c1-7-15-8(6-19-7)4-5-14-11(16)9-10(12(17)18)13(9,2)3/h6,9-10H,4-5H2,1-3H3,(H,14,16)(H,17,18). The van der Waals surface area contributed by atoms with E-state index in [1.807, 2.05) is 26.2 Å². The second kappa shape index (κ2) is 4.92. The fraction of sp³-hybridized carbons (Fsp3) is 0.615. The Morgan fingerprint density at radius 3 is 2.63 bits per heavy atom. The summed E-state index contributed by atoms with van der Waals surface area (Å²) in [5.74, 6) is -2.03. The maximum Gasteiger partial charge on any atom is 0.307 e. The van der Waals surface area contributed by atoms with E-state index in [2.05, 4.69) is 10.3 Å². The topological polar surface area (TPSA) is 79.3 Å². The molecule has 6 heteroatoms. The molecule has 2 N–H and O–H groups in total. The summed E-state index contributed by atoms with van der Waals surface area (Å²) in [4.78, 5) is 27.3. The van der Waals surface area contributed by atoms with E-state index in [-0.39, 0.29) is 5.91 Å². The number of amides is 1. The first-order valence-corrected chi connectivity index (χ1v) is 7.13. The third-order valence-corrected chi connectivity index (χ3v) is 4.55. The molecule has 19 heavy (non-hydrogen) atoms. The van der Waals surface area contributed by atoms with Crippen LogP contribution in [0.1, 0.15) is 24.5 Å². The third-order valence-electron chi connectivity index (χ3n) is 3.72. The van der Waals surface area contributed by atoms with Crippen molar-refractivity contribution in [2.24, 2.45) is 17.3 Å². The van der Waals surface area contributed by atoms with Gasteiger partial charge in [-0.05, 0) is 12.3 Å². The van der Waals surface area contributed by atoms with Gasteiger partial charge in [0.1, 0.15) is 0 Å².